The van der Waals surface area contributed by atoms with Crippen molar-refractivity contribution in [2.24, 2.45) is 7.05 Å². The molecular weight excluding hydrogens is 460 g/mol. The highest BCUT2D eigenvalue weighted by Crippen LogP contribution is 2.34. The van der Waals surface area contributed by atoms with Crippen molar-refractivity contribution in [2.75, 3.05) is 24.5 Å². The number of pyridine rings is 2. The summed E-state index contributed by atoms with van der Waals surface area (Å²) in [7, 11) is 1.69. The van der Waals surface area contributed by atoms with E-state index in [1.165, 1.54) is 28.8 Å². The molecule has 36 heavy (non-hydrogen) atoms. The molecule has 1 aliphatic rings. The summed E-state index contributed by atoms with van der Waals surface area (Å²) in [6.07, 6.45) is 0. The average Bonchev–Trinajstić information content (AvgIpc) is 2.89. The van der Waals surface area contributed by atoms with Gasteiger partial charge in [0.05, 0.1) is 17.2 Å². The Morgan fingerprint density at radius 3 is 2.14 bits per heavy atom. The normalized spacial score (nSPS) is 16.4. The van der Waals surface area contributed by atoms with Crippen LogP contribution in [0.3, 0.4) is 0 Å². The Labute approximate surface area is 207 Å². The van der Waals surface area contributed by atoms with Crippen LogP contribution in [0.25, 0.3) is 11.0 Å². The highest BCUT2D eigenvalue weighted by molar-refractivity contribution is 5.88. The Morgan fingerprint density at radius 1 is 0.972 bits per heavy atom. The van der Waals surface area contributed by atoms with Crippen molar-refractivity contribution in [3.63, 3.8) is 0 Å². The number of nitriles is 1. The van der Waals surface area contributed by atoms with E-state index < -0.39 is 0 Å². The fourth-order valence-corrected chi connectivity index (χ4v) is 5.05. The first-order valence-corrected chi connectivity index (χ1v) is 11.8. The molecule has 2 aromatic heterocycles. The molecule has 1 aliphatic heterocycles. The monoisotopic (exact) mass is 485 g/mol. The second-order valence-electron chi connectivity index (χ2n) is 9.14. The predicted molar refractivity (Wildman–Crippen MR) is 135 cm³/mol. The second-order valence-corrected chi connectivity index (χ2v) is 9.14. The van der Waals surface area contributed by atoms with Crippen molar-refractivity contribution in [1.29, 1.82) is 5.26 Å². The highest BCUT2D eigenvalue weighted by atomic mass is 19.1. The van der Waals surface area contributed by atoms with Crippen molar-refractivity contribution >= 4 is 16.7 Å². The standard InChI is InChI=1S/C28H25F2N5O/c1-18-17-34(25-15-26(36)33(2)24-12-11-23(16-31)32-27(24)25)13-14-35(18)28(19-3-7-21(29)8-4-19)20-5-9-22(30)10-6-20/h3-12,15,18,28H,13-14,17H2,1-2H3/t18-/m0/s1. The van der Waals surface area contributed by atoms with Gasteiger partial charge < -0.3 is 9.47 Å². The maximum absolute atomic E-state index is 13.7. The number of fused-ring (bicyclic) bond motifs is 1. The summed E-state index contributed by atoms with van der Waals surface area (Å²) < 4.78 is 28.9. The van der Waals surface area contributed by atoms with Gasteiger partial charge in [0, 0.05) is 38.8 Å². The van der Waals surface area contributed by atoms with Crippen LogP contribution in [0.4, 0.5) is 14.5 Å². The van der Waals surface area contributed by atoms with Crippen LogP contribution in [0.1, 0.15) is 29.8 Å². The van der Waals surface area contributed by atoms with Crippen molar-refractivity contribution in [2.45, 2.75) is 19.0 Å². The lowest BCUT2D eigenvalue weighted by atomic mass is 9.94. The molecule has 3 heterocycles. The number of benzene rings is 2. The number of halogens is 2. The fraction of sp³-hybridized carbons (Fsp3) is 0.250. The van der Waals surface area contributed by atoms with Crippen molar-refractivity contribution in [1.82, 2.24) is 14.5 Å². The molecule has 2 aromatic carbocycles. The summed E-state index contributed by atoms with van der Waals surface area (Å²) in [6.45, 7) is 3.97. The Hall–Kier alpha value is -4.09. The topological polar surface area (TPSA) is 65.2 Å². The van der Waals surface area contributed by atoms with Crippen LogP contribution in [-0.2, 0) is 7.05 Å². The fourth-order valence-electron chi connectivity index (χ4n) is 5.05. The minimum Gasteiger partial charge on any atom is -0.367 e. The second kappa shape index (κ2) is 9.51. The average molecular weight is 486 g/mol. The van der Waals surface area contributed by atoms with Gasteiger partial charge in [-0.1, -0.05) is 24.3 Å². The van der Waals surface area contributed by atoms with Crippen molar-refractivity contribution in [3.05, 3.63) is 106 Å². The number of anilines is 1. The summed E-state index contributed by atoms with van der Waals surface area (Å²) in [6, 6.07) is 19.7. The van der Waals surface area contributed by atoms with Crippen molar-refractivity contribution in [3.8, 4) is 6.07 Å². The quantitative estimate of drug-likeness (QED) is 0.429. The third kappa shape index (κ3) is 4.34. The van der Waals surface area contributed by atoms with Gasteiger partial charge in [-0.05, 0) is 54.4 Å². The minimum atomic E-state index is -0.309. The van der Waals surface area contributed by atoms with Gasteiger partial charge in [-0.3, -0.25) is 9.69 Å². The number of piperazine rings is 1. The zero-order valence-electron chi connectivity index (χ0n) is 20.0. The molecule has 0 amide bonds. The third-order valence-electron chi connectivity index (χ3n) is 6.91. The molecule has 0 spiro atoms. The lowest BCUT2D eigenvalue weighted by Crippen LogP contribution is -2.53. The molecule has 1 atom stereocenters. The summed E-state index contributed by atoms with van der Waals surface area (Å²) >= 11 is 0. The molecule has 0 unspecified atom stereocenters. The van der Waals surface area contributed by atoms with Gasteiger partial charge in [0.1, 0.15) is 28.9 Å². The van der Waals surface area contributed by atoms with E-state index in [4.69, 9.17) is 0 Å². The number of hydrogen-bond donors (Lipinski definition) is 0. The van der Waals surface area contributed by atoms with E-state index in [0.717, 1.165) is 11.1 Å². The summed E-state index contributed by atoms with van der Waals surface area (Å²) in [4.78, 5) is 21.7. The number of aryl methyl sites for hydroxylation is 1. The van der Waals surface area contributed by atoms with Gasteiger partial charge in [-0.15, -0.1) is 0 Å². The molecule has 0 saturated carbocycles. The zero-order chi connectivity index (χ0) is 25.4. The molecule has 182 valence electrons. The van der Waals surface area contributed by atoms with E-state index in [-0.39, 0.29) is 29.3 Å². The summed E-state index contributed by atoms with van der Waals surface area (Å²) in [5.74, 6) is -0.618. The first-order chi connectivity index (χ1) is 17.4. The van der Waals surface area contributed by atoms with E-state index in [0.29, 0.717) is 42.0 Å². The molecule has 0 bridgehead atoms. The van der Waals surface area contributed by atoms with Crippen LogP contribution >= 0.6 is 0 Å². The molecule has 0 radical (unpaired) electrons. The first kappa shape index (κ1) is 23.6. The van der Waals surface area contributed by atoms with Crippen LogP contribution in [0.15, 0.2) is 71.5 Å². The lowest BCUT2D eigenvalue weighted by molar-refractivity contribution is 0.150. The van der Waals surface area contributed by atoms with E-state index >= 15 is 0 Å². The summed E-state index contributed by atoms with van der Waals surface area (Å²) in [5.41, 5.74) is 3.98. The number of rotatable bonds is 4. The maximum atomic E-state index is 13.7. The van der Waals surface area contributed by atoms with Crippen LogP contribution in [0, 0.1) is 23.0 Å². The van der Waals surface area contributed by atoms with Crippen LogP contribution in [0.2, 0.25) is 0 Å². The number of nitrogens with zero attached hydrogens (tertiary/aromatic N) is 5. The third-order valence-corrected chi connectivity index (χ3v) is 6.91. The molecule has 0 N–H and O–H groups in total. The van der Waals surface area contributed by atoms with Gasteiger partial charge in [0.25, 0.3) is 5.56 Å². The Balaban J connectivity index is 1.51. The van der Waals surface area contributed by atoms with E-state index in [2.05, 4.69) is 27.8 Å². The smallest absolute Gasteiger partial charge is 0.252 e. The number of aromatic nitrogens is 2. The molecule has 6 nitrogen and oxygen atoms in total. The maximum Gasteiger partial charge on any atom is 0.252 e. The van der Waals surface area contributed by atoms with Gasteiger partial charge >= 0.3 is 0 Å². The van der Waals surface area contributed by atoms with E-state index in [1.54, 1.807) is 49.5 Å². The predicted octanol–water partition coefficient (Wildman–Crippen LogP) is 4.38. The Bertz CT molecular complexity index is 1460. The zero-order valence-corrected chi connectivity index (χ0v) is 20.0. The number of hydrogen-bond acceptors (Lipinski definition) is 5. The van der Waals surface area contributed by atoms with Gasteiger partial charge in [-0.25, -0.2) is 13.8 Å². The molecule has 1 fully saturated rings. The van der Waals surface area contributed by atoms with Gasteiger partial charge in [0.2, 0.25) is 0 Å². The lowest BCUT2D eigenvalue weighted by Gasteiger charge is -2.45. The first-order valence-electron chi connectivity index (χ1n) is 11.8. The molecule has 8 heteroatoms. The van der Waals surface area contributed by atoms with E-state index in [9.17, 15) is 18.8 Å². The van der Waals surface area contributed by atoms with Crippen LogP contribution in [0.5, 0.6) is 0 Å². The summed E-state index contributed by atoms with van der Waals surface area (Å²) in [5, 5.41) is 9.36. The van der Waals surface area contributed by atoms with Gasteiger partial charge in [0.15, 0.2) is 0 Å². The molecular formula is C28H25F2N5O. The Morgan fingerprint density at radius 2 is 1.58 bits per heavy atom. The SMILES string of the molecule is C[C@H]1CN(c2cc(=O)n(C)c3ccc(C#N)nc23)CCN1C(c1ccc(F)cc1)c1ccc(F)cc1. The molecule has 4 aromatic rings. The van der Waals surface area contributed by atoms with Crippen LogP contribution in [-0.4, -0.2) is 40.1 Å². The molecule has 5 rings (SSSR count). The Kier molecular flexibility index (Phi) is 6.25. The van der Waals surface area contributed by atoms with Crippen LogP contribution < -0.4 is 10.5 Å². The van der Waals surface area contributed by atoms with Crippen molar-refractivity contribution < 1.29 is 8.78 Å². The highest BCUT2D eigenvalue weighted by Gasteiger charge is 2.32. The molecule has 1 saturated heterocycles. The van der Waals surface area contributed by atoms with E-state index in [1.807, 2.05) is 0 Å². The van der Waals surface area contributed by atoms with Gasteiger partial charge in [-0.2, -0.15) is 5.26 Å². The minimum absolute atomic E-state index is 0.0390. The largest absolute Gasteiger partial charge is 0.367 e. The molecule has 0 aliphatic carbocycles.